The minimum absolute atomic E-state index is 0.00229. The second-order valence-corrected chi connectivity index (χ2v) is 25.0. The number of sulfonamides is 1. The molecule has 2 aromatic heterocycles. The second kappa shape index (κ2) is 21.9. The number of para-hydroxylation sites is 1. The highest BCUT2D eigenvalue weighted by Crippen LogP contribution is 2.54. The second-order valence-electron chi connectivity index (χ2n) is 23.3. The molecule has 4 saturated heterocycles. The van der Waals surface area contributed by atoms with E-state index >= 15 is 0 Å². The lowest BCUT2D eigenvalue weighted by Gasteiger charge is -2.58. The fraction of sp³-hybridized carbons (Fsp3) is 0.450. The monoisotopic (exact) mass is 1160 g/mol. The normalized spacial score (nSPS) is 22.8. The molecule has 1 spiro atoms. The molecule has 8 heterocycles. The topological polar surface area (TPSA) is 223 Å². The Balaban J connectivity index is 0.776. The molecule has 3 N–H and O–H groups in total. The maximum absolute atomic E-state index is 14.9. The van der Waals surface area contributed by atoms with Crippen LogP contribution >= 0.6 is 0 Å². The van der Waals surface area contributed by atoms with Gasteiger partial charge in [-0.15, -0.1) is 0 Å². The van der Waals surface area contributed by atoms with Crippen molar-refractivity contribution in [2.24, 2.45) is 11.3 Å². The quantitative estimate of drug-likeness (QED) is 0.0769. The number of ether oxygens (including phenoxy) is 5. The van der Waals surface area contributed by atoms with E-state index in [1.165, 1.54) is 12.1 Å². The highest BCUT2D eigenvalue weighted by molar-refractivity contribution is 7.90. The van der Waals surface area contributed by atoms with E-state index in [1.807, 2.05) is 67.3 Å². The predicted molar refractivity (Wildman–Crippen MR) is 303 cm³/mol. The summed E-state index contributed by atoms with van der Waals surface area (Å²) in [7, 11) is -4.75. The number of nitrogens with zero attached hydrogens (tertiary/aromatic N) is 6. The Morgan fingerprint density at radius 3 is 2.47 bits per heavy atom. The number of aromatic nitrogens is 2. The van der Waals surface area contributed by atoms with Gasteiger partial charge >= 0.3 is 0 Å². The van der Waals surface area contributed by atoms with Crippen molar-refractivity contribution in [2.45, 2.75) is 100 Å². The van der Waals surface area contributed by atoms with E-state index in [9.17, 15) is 36.9 Å². The predicted octanol–water partition coefficient (Wildman–Crippen LogP) is 8.89. The van der Waals surface area contributed by atoms with E-state index in [1.54, 1.807) is 17.2 Å². The largest absolute Gasteiger partial charge is 0.491 e. The molecule has 13 rings (SSSR count). The molecule has 2 amide bonds. The number of pyridine rings is 1. The maximum atomic E-state index is 14.9. The molecule has 5 fully saturated rings. The van der Waals surface area contributed by atoms with Gasteiger partial charge in [-0.2, -0.15) is 4.98 Å². The van der Waals surface area contributed by atoms with Crippen LogP contribution in [0.4, 0.5) is 37.2 Å². The molecule has 23 heteroatoms. The molecule has 1 aliphatic carbocycles. The smallest absolute Gasteiger partial charge is 0.297 e. The van der Waals surface area contributed by atoms with E-state index in [0.29, 0.717) is 81.9 Å². The van der Waals surface area contributed by atoms with Crippen LogP contribution in [0.3, 0.4) is 0 Å². The number of benzene rings is 4. The molecule has 4 atom stereocenters. The molecule has 6 aromatic rings. The molecule has 83 heavy (non-hydrogen) atoms. The van der Waals surface area contributed by atoms with E-state index in [4.69, 9.17) is 28.7 Å². The van der Waals surface area contributed by atoms with Gasteiger partial charge in [-0.25, -0.2) is 21.9 Å². The van der Waals surface area contributed by atoms with Crippen molar-refractivity contribution in [1.82, 2.24) is 24.5 Å². The number of H-pyrrole nitrogens is 1. The summed E-state index contributed by atoms with van der Waals surface area (Å²) in [5.74, 6) is -2.18. The van der Waals surface area contributed by atoms with E-state index in [2.05, 4.69) is 24.8 Å². The van der Waals surface area contributed by atoms with Gasteiger partial charge in [0.1, 0.15) is 29.8 Å². The molecular formula is C60H65F2N9O11S. The summed E-state index contributed by atoms with van der Waals surface area (Å²) >= 11 is 0. The van der Waals surface area contributed by atoms with Gasteiger partial charge in [-0.3, -0.25) is 24.6 Å². The molecule has 4 aromatic carbocycles. The van der Waals surface area contributed by atoms with Crippen LogP contribution in [0, 0.1) is 33.1 Å². The number of hydrogen-bond acceptors (Lipinski definition) is 16. The fourth-order valence-electron chi connectivity index (χ4n) is 13.7. The molecule has 0 radical (unpaired) electrons. The van der Waals surface area contributed by atoms with Crippen LogP contribution < -0.4 is 34.0 Å². The van der Waals surface area contributed by atoms with Crippen molar-refractivity contribution in [3.05, 3.63) is 130 Å². The molecule has 20 nitrogen and oxygen atoms in total. The zero-order valence-corrected chi connectivity index (χ0v) is 46.9. The Bertz CT molecular complexity index is 3620. The van der Waals surface area contributed by atoms with Gasteiger partial charge in [0.15, 0.2) is 23.1 Å². The first-order valence-electron chi connectivity index (χ1n) is 28.6. The van der Waals surface area contributed by atoms with Crippen molar-refractivity contribution >= 4 is 61.3 Å². The number of piperazine rings is 1. The van der Waals surface area contributed by atoms with Crippen LogP contribution in [0.25, 0.3) is 11.0 Å². The highest BCUT2D eigenvalue weighted by atomic mass is 32.2. The van der Waals surface area contributed by atoms with Crippen LogP contribution in [-0.4, -0.2) is 141 Å². The molecule has 6 aliphatic heterocycles. The van der Waals surface area contributed by atoms with Crippen molar-refractivity contribution < 1.29 is 55.4 Å². The highest BCUT2D eigenvalue weighted by Gasteiger charge is 2.51. The molecule has 436 valence electrons. The Morgan fingerprint density at radius 2 is 1.69 bits per heavy atom. The fourth-order valence-corrected chi connectivity index (χ4v) is 14.7. The zero-order chi connectivity index (χ0) is 57.3. The number of rotatable bonds is 12. The maximum Gasteiger partial charge on any atom is 0.297 e. The average molecular weight is 1160 g/mol. The number of carbonyl (C=O) groups is 2. The molecule has 0 bridgehead atoms. The average Bonchev–Trinajstić information content (AvgIpc) is 4.09. The van der Waals surface area contributed by atoms with Gasteiger partial charge in [0.25, 0.3) is 27.5 Å². The van der Waals surface area contributed by atoms with Crippen LogP contribution in [0.15, 0.2) is 96.0 Å². The number of fused-ring (bicyclic) bond motifs is 4. The van der Waals surface area contributed by atoms with Crippen molar-refractivity contribution in [1.29, 1.82) is 0 Å². The molecule has 7 aliphatic rings. The first-order valence-corrected chi connectivity index (χ1v) is 30.1. The van der Waals surface area contributed by atoms with Gasteiger partial charge in [0, 0.05) is 99.1 Å². The van der Waals surface area contributed by atoms with Crippen LogP contribution in [-0.2, 0) is 19.5 Å². The van der Waals surface area contributed by atoms with Gasteiger partial charge in [-0.1, -0.05) is 18.2 Å². The minimum Gasteiger partial charge on any atom is -0.491 e. The third kappa shape index (κ3) is 10.4. The number of anilines is 4. The van der Waals surface area contributed by atoms with Crippen LogP contribution in [0.1, 0.15) is 91.1 Å². The van der Waals surface area contributed by atoms with E-state index in [0.717, 1.165) is 79.1 Å². The summed E-state index contributed by atoms with van der Waals surface area (Å²) in [4.78, 5) is 56.8. The van der Waals surface area contributed by atoms with Gasteiger partial charge in [-0.05, 0) is 125 Å². The Morgan fingerprint density at radius 1 is 0.892 bits per heavy atom. The van der Waals surface area contributed by atoms with E-state index in [-0.39, 0.29) is 83.3 Å². The standard InChI is InChI=1S/C60H65F2N9O11S/c1-35(2)81-52-6-4-3-5-42(52)51-32-68(59(73)38-7-10-44(61)45(62)25-38)20-21-69(51)40-30-60(31-40)15-18-67(19-16-60)39-8-9-43(48(27-39)70-47-14-24-79-34-54(47)82-58-50(70)26-37-11-17-63-56(37)65-58)57(72)66-83(76,77)41-28-49(71(74)75)55-53(29-41)80-33-46(64-55)36-12-22-78-23-13-36/h3-11,17,25-29,35-36,40,46-47,51,54,64H,12-16,18-24,30-34H2,1-2H3,(H,63,65)(H,66,72)/t46-,47-,51-,54-/m0/s1. The lowest BCUT2D eigenvalue weighted by molar-refractivity contribution is -0.384. The Kier molecular flexibility index (Phi) is 14.4. The summed E-state index contributed by atoms with van der Waals surface area (Å²) in [5.41, 5.74) is 3.19. The lowest BCUT2D eigenvalue weighted by atomic mass is 9.59. The van der Waals surface area contributed by atoms with Gasteiger partial charge in [0.05, 0.1) is 51.9 Å². The number of piperidine rings is 1. The summed E-state index contributed by atoms with van der Waals surface area (Å²) in [6.45, 7) is 8.64. The SMILES string of the molecule is CC(C)Oc1ccccc1[C@@H]1CN(C(=O)c2ccc(F)c(F)c2)CCN1C1CC2(CCN(c3ccc(C(=O)NS(=O)(=O)c4cc5c(c([N+](=O)[O-])c4)N[C@H](C4CCOCC4)CO5)c(N4c5cc6cc[nH]c6nc5O[C@H]5COCC[C@@H]54)c3)CC2)C1. The van der Waals surface area contributed by atoms with Crippen LogP contribution in [0.2, 0.25) is 0 Å². The molecular weight excluding hydrogens is 1090 g/mol. The first kappa shape index (κ1) is 54.6. The summed E-state index contributed by atoms with van der Waals surface area (Å²) in [5, 5.41) is 16.7. The number of nitrogens with one attached hydrogen (secondary N) is 3. The van der Waals surface area contributed by atoms with Crippen molar-refractivity contribution in [2.75, 3.05) is 80.9 Å². The molecule has 1 saturated carbocycles. The van der Waals surface area contributed by atoms with Gasteiger partial charge < -0.3 is 48.7 Å². The number of aromatic amines is 1. The number of hydrogen-bond donors (Lipinski definition) is 3. The third-order valence-electron chi connectivity index (χ3n) is 18.0. The summed E-state index contributed by atoms with van der Waals surface area (Å²) in [6, 6.07) is 22.0. The van der Waals surface area contributed by atoms with Crippen molar-refractivity contribution in [3.63, 3.8) is 0 Å². The number of nitro benzene ring substituents is 1. The zero-order valence-electron chi connectivity index (χ0n) is 46.1. The van der Waals surface area contributed by atoms with Crippen LogP contribution in [0.5, 0.6) is 17.4 Å². The minimum atomic E-state index is -4.75. The number of nitro groups is 1. The summed E-state index contributed by atoms with van der Waals surface area (Å²) < 4.78 is 89.8. The Hall–Kier alpha value is -7.60. The molecule has 0 unspecified atom stereocenters. The Labute approximate surface area is 478 Å². The number of amides is 2. The summed E-state index contributed by atoms with van der Waals surface area (Å²) in [6.07, 6.45) is 6.84. The lowest BCUT2D eigenvalue weighted by Crippen LogP contribution is -2.60. The number of halogens is 2. The van der Waals surface area contributed by atoms with E-state index < -0.39 is 49.2 Å². The third-order valence-corrected chi connectivity index (χ3v) is 19.3. The van der Waals surface area contributed by atoms with Gasteiger partial charge in [0.2, 0.25) is 5.88 Å². The van der Waals surface area contributed by atoms with Crippen molar-refractivity contribution in [3.8, 4) is 17.4 Å². The number of carbonyl (C=O) groups excluding carboxylic acids is 2. The first-order chi connectivity index (χ1) is 40.1.